The Morgan fingerprint density at radius 1 is 1.32 bits per heavy atom. The molecule has 2 heterocycles. The summed E-state index contributed by atoms with van der Waals surface area (Å²) >= 11 is 0. The summed E-state index contributed by atoms with van der Waals surface area (Å²) in [5, 5.41) is 3.35. The van der Waals surface area contributed by atoms with Crippen LogP contribution in [0.25, 0.3) is 0 Å². The number of nitrogens with one attached hydrogen (secondary N) is 1. The number of morpholine rings is 1. The Kier molecular flexibility index (Phi) is 4.95. The standard InChI is InChI=1S/C17H26N4O/c1-3-19-17(18-2)21-12-15-16(13-21)22-10-9-20(15)11-14-7-5-4-6-8-14/h4-8,15-16H,3,9-13H2,1-2H3,(H,18,19). The number of benzene rings is 1. The fourth-order valence-electron chi connectivity index (χ4n) is 3.44. The normalized spacial score (nSPS) is 26.1. The zero-order valence-electron chi connectivity index (χ0n) is 13.5. The highest BCUT2D eigenvalue weighted by Gasteiger charge is 2.40. The second-order valence-corrected chi connectivity index (χ2v) is 5.92. The third-order valence-corrected chi connectivity index (χ3v) is 4.49. The van der Waals surface area contributed by atoms with Crippen LogP contribution in [0.1, 0.15) is 12.5 Å². The predicted molar refractivity (Wildman–Crippen MR) is 89.0 cm³/mol. The maximum absolute atomic E-state index is 6.01. The van der Waals surface area contributed by atoms with Crippen molar-refractivity contribution >= 4 is 5.96 Å². The second kappa shape index (κ2) is 7.11. The molecule has 0 radical (unpaired) electrons. The van der Waals surface area contributed by atoms with E-state index >= 15 is 0 Å². The zero-order valence-corrected chi connectivity index (χ0v) is 13.5. The van der Waals surface area contributed by atoms with Gasteiger partial charge < -0.3 is 15.0 Å². The lowest BCUT2D eigenvalue weighted by atomic mass is 10.1. The monoisotopic (exact) mass is 302 g/mol. The van der Waals surface area contributed by atoms with Crippen molar-refractivity contribution in [2.45, 2.75) is 25.6 Å². The van der Waals surface area contributed by atoms with E-state index in [1.165, 1.54) is 5.56 Å². The lowest BCUT2D eigenvalue weighted by molar-refractivity contribution is -0.0502. The number of fused-ring (bicyclic) bond motifs is 1. The SMILES string of the molecule is CCNC(=NC)N1CC2OCCN(Cc3ccccc3)C2C1. The van der Waals surface area contributed by atoms with Gasteiger partial charge in [-0.25, -0.2) is 0 Å². The average Bonchev–Trinajstić information content (AvgIpc) is 2.98. The maximum Gasteiger partial charge on any atom is 0.193 e. The Balaban J connectivity index is 1.68. The van der Waals surface area contributed by atoms with E-state index in [9.17, 15) is 0 Å². The molecule has 2 fully saturated rings. The molecule has 1 aromatic rings. The van der Waals surface area contributed by atoms with E-state index in [1.54, 1.807) is 0 Å². The smallest absolute Gasteiger partial charge is 0.193 e. The summed E-state index contributed by atoms with van der Waals surface area (Å²) in [4.78, 5) is 9.26. The van der Waals surface area contributed by atoms with Gasteiger partial charge in [-0.1, -0.05) is 30.3 Å². The quantitative estimate of drug-likeness (QED) is 0.672. The van der Waals surface area contributed by atoms with Gasteiger partial charge in [-0.15, -0.1) is 0 Å². The van der Waals surface area contributed by atoms with Crippen molar-refractivity contribution in [2.75, 3.05) is 39.8 Å². The molecule has 120 valence electrons. The zero-order chi connectivity index (χ0) is 15.4. The van der Waals surface area contributed by atoms with Crippen molar-refractivity contribution in [3.63, 3.8) is 0 Å². The lowest BCUT2D eigenvalue weighted by Gasteiger charge is -2.36. The van der Waals surface area contributed by atoms with Crippen LogP contribution >= 0.6 is 0 Å². The van der Waals surface area contributed by atoms with Gasteiger partial charge in [0.05, 0.1) is 18.8 Å². The summed E-state index contributed by atoms with van der Waals surface area (Å²) in [5.74, 6) is 0.986. The molecular weight excluding hydrogens is 276 g/mol. The van der Waals surface area contributed by atoms with Gasteiger partial charge in [-0.2, -0.15) is 0 Å². The predicted octanol–water partition coefficient (Wildman–Crippen LogP) is 1.17. The number of rotatable bonds is 3. The fraction of sp³-hybridized carbons (Fsp3) is 0.588. The third kappa shape index (κ3) is 3.25. The van der Waals surface area contributed by atoms with Crippen LogP contribution < -0.4 is 5.32 Å². The molecule has 0 spiro atoms. The summed E-state index contributed by atoms with van der Waals surface area (Å²) in [6.45, 7) is 7.73. The molecule has 2 aliphatic rings. The molecule has 3 rings (SSSR count). The number of hydrogen-bond acceptors (Lipinski definition) is 3. The van der Waals surface area contributed by atoms with E-state index < -0.39 is 0 Å². The van der Waals surface area contributed by atoms with Gasteiger partial charge in [-0.3, -0.25) is 9.89 Å². The molecule has 22 heavy (non-hydrogen) atoms. The molecule has 0 saturated carbocycles. The summed E-state index contributed by atoms with van der Waals surface area (Å²) in [5.41, 5.74) is 1.37. The van der Waals surface area contributed by atoms with Crippen molar-refractivity contribution in [1.82, 2.24) is 15.1 Å². The molecule has 2 aliphatic heterocycles. The van der Waals surface area contributed by atoms with Crippen LogP contribution in [0.4, 0.5) is 0 Å². The summed E-state index contributed by atoms with van der Waals surface area (Å²) in [6, 6.07) is 11.2. The molecule has 1 aromatic carbocycles. The highest BCUT2D eigenvalue weighted by molar-refractivity contribution is 5.80. The minimum absolute atomic E-state index is 0.285. The van der Waals surface area contributed by atoms with Crippen LogP contribution in [0, 0.1) is 0 Å². The first-order valence-electron chi connectivity index (χ1n) is 8.17. The molecular formula is C17H26N4O. The van der Waals surface area contributed by atoms with Gasteiger partial charge in [-0.05, 0) is 12.5 Å². The number of ether oxygens (including phenoxy) is 1. The lowest BCUT2D eigenvalue weighted by Crippen LogP contribution is -2.50. The van der Waals surface area contributed by atoms with E-state index in [0.29, 0.717) is 6.04 Å². The summed E-state index contributed by atoms with van der Waals surface area (Å²) in [7, 11) is 1.85. The van der Waals surface area contributed by atoms with Gasteiger partial charge in [0.1, 0.15) is 0 Å². The molecule has 0 amide bonds. The van der Waals surface area contributed by atoms with E-state index in [1.807, 2.05) is 7.05 Å². The Hall–Kier alpha value is -1.59. The van der Waals surface area contributed by atoms with Crippen molar-refractivity contribution in [2.24, 2.45) is 4.99 Å². The number of hydrogen-bond donors (Lipinski definition) is 1. The van der Waals surface area contributed by atoms with Crippen molar-refractivity contribution in [1.29, 1.82) is 0 Å². The largest absolute Gasteiger partial charge is 0.373 e. The molecule has 2 saturated heterocycles. The van der Waals surface area contributed by atoms with Crippen LogP contribution in [-0.2, 0) is 11.3 Å². The Morgan fingerprint density at radius 2 is 2.14 bits per heavy atom. The van der Waals surface area contributed by atoms with Gasteiger partial charge in [0.15, 0.2) is 5.96 Å². The average molecular weight is 302 g/mol. The Bertz CT molecular complexity index is 505. The molecule has 0 aliphatic carbocycles. The van der Waals surface area contributed by atoms with Gasteiger partial charge in [0.25, 0.3) is 0 Å². The first-order chi connectivity index (χ1) is 10.8. The van der Waals surface area contributed by atoms with E-state index in [0.717, 1.165) is 45.3 Å². The molecule has 1 N–H and O–H groups in total. The fourth-order valence-corrected chi connectivity index (χ4v) is 3.44. The third-order valence-electron chi connectivity index (χ3n) is 4.49. The number of aliphatic imine (C=N–C) groups is 1. The second-order valence-electron chi connectivity index (χ2n) is 5.92. The van der Waals surface area contributed by atoms with Gasteiger partial charge >= 0.3 is 0 Å². The molecule has 0 aromatic heterocycles. The van der Waals surface area contributed by atoms with Crippen molar-refractivity contribution in [3.8, 4) is 0 Å². The highest BCUT2D eigenvalue weighted by Crippen LogP contribution is 2.24. The first kappa shape index (κ1) is 15.3. The molecule has 5 nitrogen and oxygen atoms in total. The highest BCUT2D eigenvalue weighted by atomic mass is 16.5. The van der Waals surface area contributed by atoms with Crippen molar-refractivity contribution in [3.05, 3.63) is 35.9 Å². The summed E-state index contributed by atoms with van der Waals surface area (Å²) in [6.07, 6.45) is 0.285. The molecule has 5 heteroatoms. The maximum atomic E-state index is 6.01. The van der Waals surface area contributed by atoms with Crippen LogP contribution in [0.5, 0.6) is 0 Å². The Labute approximate surface area is 133 Å². The van der Waals surface area contributed by atoms with Crippen LogP contribution in [0.2, 0.25) is 0 Å². The summed E-state index contributed by atoms with van der Waals surface area (Å²) < 4.78 is 6.01. The van der Waals surface area contributed by atoms with Crippen LogP contribution in [0.3, 0.4) is 0 Å². The minimum Gasteiger partial charge on any atom is -0.373 e. The van der Waals surface area contributed by atoms with Gasteiger partial charge in [0.2, 0.25) is 0 Å². The van der Waals surface area contributed by atoms with E-state index in [4.69, 9.17) is 4.74 Å². The first-order valence-corrected chi connectivity index (χ1v) is 8.17. The topological polar surface area (TPSA) is 40.1 Å². The Morgan fingerprint density at radius 3 is 2.86 bits per heavy atom. The number of guanidine groups is 1. The van der Waals surface area contributed by atoms with E-state index in [2.05, 4.69) is 57.4 Å². The molecule has 2 atom stereocenters. The van der Waals surface area contributed by atoms with Crippen molar-refractivity contribution < 1.29 is 4.74 Å². The van der Waals surface area contributed by atoms with Gasteiger partial charge in [0, 0.05) is 39.8 Å². The minimum atomic E-state index is 0.285. The van der Waals surface area contributed by atoms with Crippen LogP contribution in [-0.4, -0.2) is 67.7 Å². The van der Waals surface area contributed by atoms with E-state index in [-0.39, 0.29) is 6.10 Å². The molecule has 0 bridgehead atoms. The molecule has 2 unspecified atom stereocenters. The van der Waals surface area contributed by atoms with Crippen LogP contribution in [0.15, 0.2) is 35.3 Å². The number of likely N-dealkylation sites (tertiary alicyclic amines) is 1. The number of nitrogens with zero attached hydrogens (tertiary/aromatic N) is 3.